The molecule has 4 heteroatoms. The lowest BCUT2D eigenvalue weighted by Gasteiger charge is -2.02. The van der Waals surface area contributed by atoms with Crippen molar-refractivity contribution in [1.29, 1.82) is 0 Å². The van der Waals surface area contributed by atoms with E-state index in [9.17, 15) is 4.39 Å². The summed E-state index contributed by atoms with van der Waals surface area (Å²) in [7, 11) is 1.41. The molecule has 0 spiro atoms. The fourth-order valence-electron chi connectivity index (χ4n) is 0.963. The molecule has 2 N–H and O–H groups in total. The van der Waals surface area contributed by atoms with Gasteiger partial charge in [0.05, 0.1) is 18.6 Å². The van der Waals surface area contributed by atoms with Gasteiger partial charge in [-0.05, 0) is 12.1 Å². The van der Waals surface area contributed by atoms with E-state index in [1.54, 1.807) is 6.07 Å². The molecule has 0 saturated heterocycles. The zero-order valence-corrected chi connectivity index (χ0v) is 8.25. The van der Waals surface area contributed by atoms with Crippen LogP contribution in [0.15, 0.2) is 23.2 Å². The molecule has 0 radical (unpaired) electrons. The van der Waals surface area contributed by atoms with Gasteiger partial charge >= 0.3 is 0 Å². The first kappa shape index (κ1) is 10.5. The molecule has 1 rings (SSSR count). The summed E-state index contributed by atoms with van der Waals surface area (Å²) in [5.74, 6) is 0.287. The van der Waals surface area contributed by atoms with Crippen LogP contribution in [0.4, 0.5) is 10.1 Å². The average Bonchev–Trinajstić information content (AvgIpc) is 2.20. The van der Waals surface area contributed by atoms with Crippen LogP contribution in [0.25, 0.3) is 0 Å². The molecule has 1 aromatic rings. The third-order valence-corrected chi connectivity index (χ3v) is 1.77. The number of methoxy groups -OCH3 is 1. The molecule has 14 heavy (non-hydrogen) atoms. The highest BCUT2D eigenvalue weighted by Gasteiger charge is 2.02. The van der Waals surface area contributed by atoms with Crippen LogP contribution in [-0.2, 0) is 0 Å². The summed E-state index contributed by atoms with van der Waals surface area (Å²) in [5.41, 5.74) is 6.15. The standard InChI is InChI=1S/C10H13FN2O/c1-3-10(12)13-7-4-5-8(11)9(6-7)14-2/h4-6H,3H2,1-2H3,(H2,12,13). The Hall–Kier alpha value is -1.58. The number of nitrogens with two attached hydrogens (primary N) is 1. The third kappa shape index (κ3) is 2.45. The van der Waals surface area contributed by atoms with Gasteiger partial charge in [-0.15, -0.1) is 0 Å². The minimum absolute atomic E-state index is 0.176. The summed E-state index contributed by atoms with van der Waals surface area (Å²) in [6.45, 7) is 1.90. The van der Waals surface area contributed by atoms with Crippen molar-refractivity contribution < 1.29 is 9.13 Å². The molecule has 0 saturated carbocycles. The van der Waals surface area contributed by atoms with E-state index in [2.05, 4.69) is 4.99 Å². The molecule has 0 aliphatic carbocycles. The van der Waals surface area contributed by atoms with Gasteiger partial charge in [-0.2, -0.15) is 0 Å². The SMILES string of the molecule is CCC(N)=Nc1ccc(F)c(OC)c1. The van der Waals surface area contributed by atoms with Crippen molar-refractivity contribution in [2.45, 2.75) is 13.3 Å². The van der Waals surface area contributed by atoms with Crippen LogP contribution >= 0.6 is 0 Å². The van der Waals surface area contributed by atoms with Crippen molar-refractivity contribution in [3.63, 3.8) is 0 Å². The Morgan fingerprint density at radius 1 is 1.57 bits per heavy atom. The van der Waals surface area contributed by atoms with Gasteiger partial charge in [0.1, 0.15) is 0 Å². The van der Waals surface area contributed by atoms with E-state index in [0.717, 1.165) is 0 Å². The molecule has 0 heterocycles. The lowest BCUT2D eigenvalue weighted by Crippen LogP contribution is -2.08. The molecule has 0 aliphatic rings. The largest absolute Gasteiger partial charge is 0.494 e. The Kier molecular flexibility index (Phi) is 3.45. The molecule has 0 bridgehead atoms. The van der Waals surface area contributed by atoms with Gasteiger partial charge in [-0.1, -0.05) is 6.92 Å². The van der Waals surface area contributed by atoms with Crippen LogP contribution in [0.2, 0.25) is 0 Å². The molecular formula is C10H13FN2O. The molecule has 0 unspecified atom stereocenters. The first-order valence-corrected chi connectivity index (χ1v) is 4.34. The van der Waals surface area contributed by atoms with Crippen LogP contribution in [0, 0.1) is 5.82 Å². The van der Waals surface area contributed by atoms with Gasteiger partial charge < -0.3 is 10.5 Å². The van der Waals surface area contributed by atoms with Gasteiger partial charge in [0.2, 0.25) is 0 Å². The summed E-state index contributed by atoms with van der Waals surface area (Å²) >= 11 is 0. The number of amidine groups is 1. The number of hydrogen-bond donors (Lipinski definition) is 1. The van der Waals surface area contributed by atoms with Crippen molar-refractivity contribution in [3.8, 4) is 5.75 Å². The average molecular weight is 196 g/mol. The third-order valence-electron chi connectivity index (χ3n) is 1.77. The normalized spacial score (nSPS) is 11.5. The number of hydrogen-bond acceptors (Lipinski definition) is 2. The van der Waals surface area contributed by atoms with Gasteiger partial charge in [0.25, 0.3) is 0 Å². The van der Waals surface area contributed by atoms with E-state index in [1.165, 1.54) is 19.2 Å². The summed E-state index contributed by atoms with van der Waals surface area (Å²) in [6, 6.07) is 4.37. The van der Waals surface area contributed by atoms with E-state index < -0.39 is 5.82 Å². The smallest absolute Gasteiger partial charge is 0.165 e. The predicted molar refractivity (Wildman–Crippen MR) is 54.5 cm³/mol. The monoisotopic (exact) mass is 196 g/mol. The summed E-state index contributed by atoms with van der Waals surface area (Å²) in [6.07, 6.45) is 0.666. The predicted octanol–water partition coefficient (Wildman–Crippen LogP) is 2.23. The zero-order chi connectivity index (χ0) is 10.6. The maximum Gasteiger partial charge on any atom is 0.165 e. The van der Waals surface area contributed by atoms with Crippen molar-refractivity contribution in [2.75, 3.05) is 7.11 Å². The van der Waals surface area contributed by atoms with Crippen LogP contribution in [0.3, 0.4) is 0 Å². The summed E-state index contributed by atoms with van der Waals surface area (Å²) < 4.78 is 17.8. The van der Waals surface area contributed by atoms with Crippen LogP contribution < -0.4 is 10.5 Å². The molecular weight excluding hydrogens is 183 g/mol. The van der Waals surface area contributed by atoms with Crippen molar-refractivity contribution in [2.24, 2.45) is 10.7 Å². The molecule has 0 fully saturated rings. The zero-order valence-electron chi connectivity index (χ0n) is 8.25. The second kappa shape index (κ2) is 4.60. The number of benzene rings is 1. The van der Waals surface area contributed by atoms with Gasteiger partial charge in [0.15, 0.2) is 11.6 Å². The minimum Gasteiger partial charge on any atom is -0.494 e. The summed E-state index contributed by atoms with van der Waals surface area (Å²) in [5, 5.41) is 0. The van der Waals surface area contributed by atoms with Gasteiger partial charge in [-0.3, -0.25) is 0 Å². The Bertz CT molecular complexity index is 350. The van der Waals surface area contributed by atoms with E-state index in [4.69, 9.17) is 10.5 Å². The molecule has 0 amide bonds. The van der Waals surface area contributed by atoms with Crippen molar-refractivity contribution in [1.82, 2.24) is 0 Å². The number of rotatable bonds is 3. The molecule has 76 valence electrons. The highest BCUT2D eigenvalue weighted by Crippen LogP contribution is 2.23. The second-order valence-corrected chi connectivity index (χ2v) is 2.78. The fraction of sp³-hybridized carbons (Fsp3) is 0.300. The number of nitrogens with zero attached hydrogens (tertiary/aromatic N) is 1. The van der Waals surface area contributed by atoms with E-state index in [-0.39, 0.29) is 5.75 Å². The minimum atomic E-state index is -0.401. The highest BCUT2D eigenvalue weighted by atomic mass is 19.1. The maximum atomic E-state index is 13.0. The Labute approximate surface area is 82.4 Å². The summed E-state index contributed by atoms with van der Waals surface area (Å²) in [4.78, 5) is 4.08. The number of halogens is 1. The van der Waals surface area contributed by atoms with E-state index in [1.807, 2.05) is 6.92 Å². The highest BCUT2D eigenvalue weighted by molar-refractivity contribution is 5.82. The Morgan fingerprint density at radius 3 is 2.86 bits per heavy atom. The first-order valence-electron chi connectivity index (χ1n) is 4.34. The van der Waals surface area contributed by atoms with Gasteiger partial charge in [0, 0.05) is 12.5 Å². The number of ether oxygens (including phenoxy) is 1. The molecule has 1 aromatic carbocycles. The van der Waals surface area contributed by atoms with Crippen molar-refractivity contribution >= 4 is 11.5 Å². The Balaban J connectivity index is 3.01. The molecule has 0 aliphatic heterocycles. The lowest BCUT2D eigenvalue weighted by atomic mass is 10.3. The van der Waals surface area contributed by atoms with Gasteiger partial charge in [-0.25, -0.2) is 9.38 Å². The van der Waals surface area contributed by atoms with Crippen LogP contribution in [-0.4, -0.2) is 12.9 Å². The molecule has 0 aromatic heterocycles. The maximum absolute atomic E-state index is 13.0. The van der Waals surface area contributed by atoms with E-state index in [0.29, 0.717) is 17.9 Å². The fourth-order valence-corrected chi connectivity index (χ4v) is 0.963. The topological polar surface area (TPSA) is 47.6 Å². The molecule has 0 atom stereocenters. The van der Waals surface area contributed by atoms with Crippen LogP contribution in [0.5, 0.6) is 5.75 Å². The number of aliphatic imine (C=N–C) groups is 1. The Morgan fingerprint density at radius 2 is 2.29 bits per heavy atom. The quantitative estimate of drug-likeness (QED) is 0.595. The van der Waals surface area contributed by atoms with Crippen molar-refractivity contribution in [3.05, 3.63) is 24.0 Å². The first-order chi connectivity index (χ1) is 6.67. The van der Waals surface area contributed by atoms with Crippen LogP contribution in [0.1, 0.15) is 13.3 Å². The molecule has 3 nitrogen and oxygen atoms in total. The van der Waals surface area contributed by atoms with E-state index >= 15 is 0 Å². The second-order valence-electron chi connectivity index (χ2n) is 2.78. The lowest BCUT2D eigenvalue weighted by molar-refractivity contribution is 0.387.